The van der Waals surface area contributed by atoms with Gasteiger partial charge in [0.25, 0.3) is 0 Å². The number of benzene rings is 2. The van der Waals surface area contributed by atoms with E-state index in [1.807, 2.05) is 24.3 Å². The Balaban J connectivity index is 1.76. The topological polar surface area (TPSA) is 47.6 Å². The van der Waals surface area contributed by atoms with Gasteiger partial charge in [0.05, 0.1) is 14.2 Å². The van der Waals surface area contributed by atoms with Crippen molar-refractivity contribution in [3.05, 3.63) is 59.2 Å². The minimum absolute atomic E-state index is 0.0863. The number of hydrogen-bond acceptors (Lipinski definition) is 4. The number of carbonyl (C=O) groups excluding carboxylic acids is 1. The molecule has 4 heteroatoms. The quantitative estimate of drug-likeness (QED) is 0.886. The van der Waals surface area contributed by atoms with Crippen molar-refractivity contribution in [3.63, 3.8) is 0 Å². The molecule has 1 aliphatic rings. The van der Waals surface area contributed by atoms with Gasteiger partial charge < -0.3 is 14.8 Å². The molecular formula is C20H23NO3. The summed E-state index contributed by atoms with van der Waals surface area (Å²) < 4.78 is 10.8. The molecule has 1 unspecified atom stereocenters. The minimum Gasteiger partial charge on any atom is -0.496 e. The van der Waals surface area contributed by atoms with Gasteiger partial charge >= 0.3 is 0 Å². The summed E-state index contributed by atoms with van der Waals surface area (Å²) in [5, 5.41) is 3.47. The van der Waals surface area contributed by atoms with Crippen LogP contribution in [-0.4, -0.2) is 26.5 Å². The first-order valence-corrected chi connectivity index (χ1v) is 8.25. The van der Waals surface area contributed by atoms with Crippen LogP contribution in [0.1, 0.15) is 29.2 Å². The van der Waals surface area contributed by atoms with E-state index in [0.717, 1.165) is 18.5 Å². The molecule has 1 heterocycles. The molecule has 0 fully saturated rings. The van der Waals surface area contributed by atoms with Crippen LogP contribution < -0.4 is 14.8 Å². The van der Waals surface area contributed by atoms with Crippen LogP contribution in [0.15, 0.2) is 42.5 Å². The fraction of sp³-hybridized carbons (Fsp3) is 0.350. The van der Waals surface area contributed by atoms with Crippen LogP contribution in [0.25, 0.3) is 0 Å². The lowest BCUT2D eigenvalue weighted by Gasteiger charge is -2.26. The Morgan fingerprint density at radius 2 is 1.79 bits per heavy atom. The average Bonchev–Trinajstić information content (AvgIpc) is 2.62. The fourth-order valence-corrected chi connectivity index (χ4v) is 3.37. The summed E-state index contributed by atoms with van der Waals surface area (Å²) in [5.41, 5.74) is 3.39. The number of nitrogens with one attached hydrogen (secondary N) is 1. The smallest absolute Gasteiger partial charge is 0.139 e. The van der Waals surface area contributed by atoms with Gasteiger partial charge in [0.15, 0.2) is 0 Å². The Labute approximate surface area is 142 Å². The molecule has 0 aliphatic carbocycles. The molecule has 2 aromatic carbocycles. The molecule has 2 aromatic rings. The summed E-state index contributed by atoms with van der Waals surface area (Å²) >= 11 is 0. The standard InChI is InChI=1S/C20H23NO3/c1-23-19-8-5-9-20(24-2)17(19)12-15(22)13-18-16-7-4-3-6-14(16)10-11-21-18/h3-9,18,21H,10-13H2,1-2H3. The van der Waals surface area contributed by atoms with Gasteiger partial charge in [-0.15, -0.1) is 0 Å². The first-order valence-electron chi connectivity index (χ1n) is 8.25. The SMILES string of the molecule is COc1cccc(OC)c1CC(=O)CC1NCCc2ccccc21. The van der Waals surface area contributed by atoms with Crippen molar-refractivity contribution in [2.24, 2.45) is 0 Å². The summed E-state index contributed by atoms with van der Waals surface area (Å²) in [5.74, 6) is 1.56. The van der Waals surface area contributed by atoms with Crippen molar-refractivity contribution < 1.29 is 14.3 Å². The predicted octanol–water partition coefficient (Wildman–Crippen LogP) is 3.09. The highest BCUT2D eigenvalue weighted by molar-refractivity contribution is 5.83. The second-order valence-electron chi connectivity index (χ2n) is 6.02. The Hall–Kier alpha value is -2.33. The van der Waals surface area contributed by atoms with E-state index >= 15 is 0 Å². The van der Waals surface area contributed by atoms with Crippen LogP contribution in [0.2, 0.25) is 0 Å². The molecule has 1 aliphatic heterocycles. The van der Waals surface area contributed by atoms with Crippen molar-refractivity contribution >= 4 is 5.78 Å². The zero-order valence-corrected chi connectivity index (χ0v) is 14.2. The van der Waals surface area contributed by atoms with Crippen LogP contribution in [0.4, 0.5) is 0 Å². The van der Waals surface area contributed by atoms with Crippen molar-refractivity contribution in [2.75, 3.05) is 20.8 Å². The molecule has 0 saturated carbocycles. The number of rotatable bonds is 6. The van der Waals surface area contributed by atoms with E-state index in [1.54, 1.807) is 14.2 Å². The molecule has 3 rings (SSSR count). The summed E-state index contributed by atoms with van der Waals surface area (Å²) in [4.78, 5) is 12.7. The monoisotopic (exact) mass is 325 g/mol. The Bertz CT molecular complexity index is 704. The van der Waals surface area contributed by atoms with Crippen molar-refractivity contribution in [3.8, 4) is 11.5 Å². The van der Waals surface area contributed by atoms with E-state index in [1.165, 1.54) is 11.1 Å². The molecule has 24 heavy (non-hydrogen) atoms. The first-order chi connectivity index (χ1) is 11.7. The van der Waals surface area contributed by atoms with Gasteiger partial charge in [-0.1, -0.05) is 30.3 Å². The maximum Gasteiger partial charge on any atom is 0.139 e. The van der Waals surface area contributed by atoms with Crippen LogP contribution in [0.5, 0.6) is 11.5 Å². The van der Waals surface area contributed by atoms with Crippen molar-refractivity contribution in [2.45, 2.75) is 25.3 Å². The van der Waals surface area contributed by atoms with Crippen LogP contribution >= 0.6 is 0 Å². The Morgan fingerprint density at radius 3 is 2.50 bits per heavy atom. The molecule has 126 valence electrons. The van der Waals surface area contributed by atoms with Gasteiger partial charge in [-0.05, 0) is 36.2 Å². The number of methoxy groups -OCH3 is 2. The van der Waals surface area contributed by atoms with E-state index in [0.29, 0.717) is 24.3 Å². The minimum atomic E-state index is 0.0863. The van der Waals surface area contributed by atoms with Crippen LogP contribution in [-0.2, 0) is 17.6 Å². The van der Waals surface area contributed by atoms with Gasteiger partial charge in [-0.3, -0.25) is 4.79 Å². The second-order valence-corrected chi connectivity index (χ2v) is 6.02. The van der Waals surface area contributed by atoms with E-state index in [4.69, 9.17) is 9.47 Å². The van der Waals surface area contributed by atoms with Crippen molar-refractivity contribution in [1.82, 2.24) is 5.32 Å². The van der Waals surface area contributed by atoms with Gasteiger partial charge in [0.2, 0.25) is 0 Å². The lowest BCUT2D eigenvalue weighted by Crippen LogP contribution is -2.31. The highest BCUT2D eigenvalue weighted by Gasteiger charge is 2.23. The van der Waals surface area contributed by atoms with Crippen LogP contribution in [0, 0.1) is 0 Å². The zero-order chi connectivity index (χ0) is 16.9. The normalized spacial score (nSPS) is 16.3. The molecule has 0 bridgehead atoms. The van der Waals surface area contributed by atoms with E-state index < -0.39 is 0 Å². The van der Waals surface area contributed by atoms with Crippen molar-refractivity contribution in [1.29, 1.82) is 0 Å². The highest BCUT2D eigenvalue weighted by atomic mass is 16.5. The third-order valence-electron chi connectivity index (χ3n) is 4.55. The molecule has 0 amide bonds. The molecule has 1 N–H and O–H groups in total. The molecule has 0 radical (unpaired) electrons. The molecule has 0 saturated heterocycles. The number of ketones is 1. The van der Waals surface area contributed by atoms with E-state index in [2.05, 4.69) is 23.5 Å². The summed E-state index contributed by atoms with van der Waals surface area (Å²) in [6.45, 7) is 0.910. The van der Waals surface area contributed by atoms with Gasteiger partial charge in [-0.25, -0.2) is 0 Å². The average molecular weight is 325 g/mol. The molecule has 1 atom stereocenters. The molecule has 0 spiro atoms. The third kappa shape index (κ3) is 3.44. The number of ether oxygens (including phenoxy) is 2. The molecule has 4 nitrogen and oxygen atoms in total. The molecule has 0 aromatic heterocycles. The van der Waals surface area contributed by atoms with Gasteiger partial charge in [0.1, 0.15) is 17.3 Å². The third-order valence-corrected chi connectivity index (χ3v) is 4.55. The first kappa shape index (κ1) is 16.5. The maximum atomic E-state index is 12.7. The molecular weight excluding hydrogens is 302 g/mol. The second kappa shape index (κ2) is 7.49. The van der Waals surface area contributed by atoms with Crippen LogP contribution in [0.3, 0.4) is 0 Å². The largest absolute Gasteiger partial charge is 0.496 e. The lowest BCUT2D eigenvalue weighted by atomic mass is 9.90. The Kier molecular flexibility index (Phi) is 5.16. The zero-order valence-electron chi connectivity index (χ0n) is 14.2. The summed E-state index contributed by atoms with van der Waals surface area (Å²) in [6, 6.07) is 14.0. The predicted molar refractivity (Wildman–Crippen MR) is 93.8 cm³/mol. The van der Waals surface area contributed by atoms with E-state index in [-0.39, 0.29) is 11.8 Å². The number of carbonyl (C=O) groups is 1. The van der Waals surface area contributed by atoms with Gasteiger partial charge in [-0.2, -0.15) is 0 Å². The van der Waals surface area contributed by atoms with E-state index in [9.17, 15) is 4.79 Å². The number of hydrogen-bond donors (Lipinski definition) is 1. The maximum absolute atomic E-state index is 12.7. The number of fused-ring (bicyclic) bond motifs is 1. The lowest BCUT2D eigenvalue weighted by molar-refractivity contribution is -0.119. The highest BCUT2D eigenvalue weighted by Crippen LogP contribution is 2.31. The number of Topliss-reactive ketones (excluding diaryl/α,β-unsaturated/α-hetero) is 1. The summed E-state index contributed by atoms with van der Waals surface area (Å²) in [7, 11) is 3.23. The van der Waals surface area contributed by atoms with Gasteiger partial charge in [0, 0.05) is 24.4 Å². The Morgan fingerprint density at radius 1 is 1.08 bits per heavy atom. The fourth-order valence-electron chi connectivity index (χ4n) is 3.37. The summed E-state index contributed by atoms with van der Waals surface area (Å²) in [6.07, 6.45) is 1.80.